The molecule has 0 aromatic heterocycles. The lowest BCUT2D eigenvalue weighted by Crippen LogP contribution is -2.06. The smallest absolute Gasteiger partial charge is 0.123 e. The molecule has 0 heterocycles. The summed E-state index contributed by atoms with van der Waals surface area (Å²) >= 11 is 1.77. The van der Waals surface area contributed by atoms with Crippen LogP contribution in [0.25, 0.3) is 0 Å². The van der Waals surface area contributed by atoms with Crippen LogP contribution in [0.15, 0.2) is 77.7 Å². The molecular formula is C24H30FN3OS. The number of hydrogen-bond acceptors (Lipinski definition) is 5. The summed E-state index contributed by atoms with van der Waals surface area (Å²) in [4.78, 5) is 1.33. The molecule has 0 fully saturated rings. The summed E-state index contributed by atoms with van der Waals surface area (Å²) in [7, 11) is 1.58. The molecule has 0 radical (unpaired) electrons. The zero-order chi connectivity index (χ0) is 22.4. The number of halogens is 1. The maximum Gasteiger partial charge on any atom is 0.123 e. The summed E-state index contributed by atoms with van der Waals surface area (Å²) in [6.07, 6.45) is 3.32. The van der Waals surface area contributed by atoms with E-state index in [1.165, 1.54) is 23.2 Å². The average molecular weight is 428 g/mol. The molecule has 6 heteroatoms. The van der Waals surface area contributed by atoms with Gasteiger partial charge in [0.05, 0.1) is 7.11 Å². The Balaban J connectivity index is 0.000000309. The minimum absolute atomic E-state index is 0.275. The van der Waals surface area contributed by atoms with Gasteiger partial charge in [0.25, 0.3) is 0 Å². The fraction of sp³-hybridized carbons (Fsp3) is 0.208. The Morgan fingerprint density at radius 2 is 1.63 bits per heavy atom. The molecule has 0 spiro atoms. The highest BCUT2D eigenvalue weighted by Gasteiger charge is 2.03. The third-order valence-corrected chi connectivity index (χ3v) is 4.26. The first kappa shape index (κ1) is 25.2. The molecule has 30 heavy (non-hydrogen) atoms. The molecule has 0 aliphatic carbocycles. The lowest BCUT2D eigenvalue weighted by atomic mass is 10.1. The zero-order valence-corrected chi connectivity index (χ0v) is 18.7. The number of nitrogens with one attached hydrogen (secondary N) is 2. The standard InChI is InChI=1S/C14H13FN2O.C7H8S.C3H9N/c1-18-13-6-7-14(10(8-13)9-16)17-12-4-2-11(15)3-5-12;1-8-7-5-3-2-4-6-7;1-3(2)4/h2-9,16-17H,1H3;2-6H,1H3;3H,4H2,1-2H3. The minimum atomic E-state index is -0.275. The quantitative estimate of drug-likeness (QED) is 0.328. The van der Waals surface area contributed by atoms with Crippen molar-refractivity contribution in [3.05, 3.63) is 84.2 Å². The monoisotopic (exact) mass is 427 g/mol. The van der Waals surface area contributed by atoms with Gasteiger partial charge in [0.15, 0.2) is 0 Å². The number of nitrogens with two attached hydrogens (primary N) is 1. The third-order valence-electron chi connectivity index (χ3n) is 3.52. The summed E-state index contributed by atoms with van der Waals surface area (Å²) in [5.41, 5.74) is 7.36. The first-order valence-corrected chi connectivity index (χ1v) is 10.7. The fourth-order valence-corrected chi connectivity index (χ4v) is 2.58. The molecule has 0 saturated carbocycles. The number of thioether (sulfide) groups is 1. The molecule has 4 nitrogen and oxygen atoms in total. The molecule has 3 rings (SSSR count). The SMILES string of the molecule is CC(C)N.COc1ccc(Nc2ccc(F)cc2)c(C=N)c1.CSc1ccccc1. The van der Waals surface area contributed by atoms with E-state index in [2.05, 4.69) is 23.7 Å². The number of benzene rings is 3. The van der Waals surface area contributed by atoms with E-state index in [0.717, 1.165) is 11.4 Å². The van der Waals surface area contributed by atoms with Crippen LogP contribution < -0.4 is 15.8 Å². The van der Waals surface area contributed by atoms with Crippen LogP contribution in [0.5, 0.6) is 5.75 Å². The van der Waals surface area contributed by atoms with Crippen molar-refractivity contribution < 1.29 is 9.13 Å². The van der Waals surface area contributed by atoms with E-state index in [1.54, 1.807) is 43.1 Å². The largest absolute Gasteiger partial charge is 0.497 e. The van der Waals surface area contributed by atoms with Gasteiger partial charge in [-0.2, -0.15) is 0 Å². The van der Waals surface area contributed by atoms with Crippen LogP contribution >= 0.6 is 11.8 Å². The third kappa shape index (κ3) is 10.1. The maximum absolute atomic E-state index is 12.8. The Kier molecular flexibility index (Phi) is 11.9. The summed E-state index contributed by atoms with van der Waals surface area (Å²) in [5.74, 6) is 0.417. The van der Waals surface area contributed by atoms with Crippen LogP contribution in [0.3, 0.4) is 0 Å². The van der Waals surface area contributed by atoms with Gasteiger partial charge in [-0.15, -0.1) is 11.8 Å². The summed E-state index contributed by atoms with van der Waals surface area (Å²) in [6.45, 7) is 3.89. The first-order chi connectivity index (χ1) is 14.4. The Hall–Kier alpha value is -2.83. The van der Waals surface area contributed by atoms with Crippen LogP contribution in [0, 0.1) is 11.2 Å². The molecule has 0 bridgehead atoms. The number of rotatable bonds is 5. The van der Waals surface area contributed by atoms with E-state index in [9.17, 15) is 4.39 Å². The number of ether oxygens (including phenoxy) is 1. The molecule has 0 saturated heterocycles. The highest BCUT2D eigenvalue weighted by molar-refractivity contribution is 7.98. The Morgan fingerprint density at radius 3 is 2.10 bits per heavy atom. The van der Waals surface area contributed by atoms with Crippen LogP contribution in [0.1, 0.15) is 19.4 Å². The molecule has 0 unspecified atom stereocenters. The lowest BCUT2D eigenvalue weighted by Gasteiger charge is -2.10. The molecular weight excluding hydrogens is 397 g/mol. The Bertz CT molecular complexity index is 869. The van der Waals surface area contributed by atoms with Crippen molar-refractivity contribution in [3.63, 3.8) is 0 Å². The number of anilines is 2. The van der Waals surface area contributed by atoms with E-state index < -0.39 is 0 Å². The predicted molar refractivity (Wildman–Crippen MR) is 128 cm³/mol. The zero-order valence-electron chi connectivity index (χ0n) is 17.9. The van der Waals surface area contributed by atoms with Crippen molar-refractivity contribution in [2.45, 2.75) is 24.8 Å². The summed E-state index contributed by atoms with van der Waals surface area (Å²) in [6, 6.07) is 22.1. The van der Waals surface area contributed by atoms with Gasteiger partial charge < -0.3 is 21.2 Å². The maximum atomic E-state index is 12.8. The van der Waals surface area contributed by atoms with Crippen molar-refractivity contribution in [1.82, 2.24) is 0 Å². The molecule has 160 valence electrons. The highest BCUT2D eigenvalue weighted by atomic mass is 32.2. The molecule has 3 aromatic rings. The van der Waals surface area contributed by atoms with E-state index in [0.29, 0.717) is 17.4 Å². The van der Waals surface area contributed by atoms with Crippen LogP contribution in [0.4, 0.5) is 15.8 Å². The van der Waals surface area contributed by atoms with Crippen molar-refractivity contribution in [3.8, 4) is 5.75 Å². The van der Waals surface area contributed by atoms with E-state index >= 15 is 0 Å². The molecule has 0 aliphatic rings. The molecule has 4 N–H and O–H groups in total. The summed E-state index contributed by atoms with van der Waals surface area (Å²) in [5, 5.41) is 10.5. The minimum Gasteiger partial charge on any atom is -0.497 e. The van der Waals surface area contributed by atoms with Crippen LogP contribution in [-0.2, 0) is 0 Å². The van der Waals surface area contributed by atoms with Crippen LogP contribution in [0.2, 0.25) is 0 Å². The normalized spacial score (nSPS) is 9.57. The van der Waals surface area contributed by atoms with Gasteiger partial charge in [-0.25, -0.2) is 4.39 Å². The second-order valence-corrected chi connectivity index (χ2v) is 7.37. The van der Waals surface area contributed by atoms with E-state index in [-0.39, 0.29) is 5.82 Å². The Morgan fingerprint density at radius 1 is 1.03 bits per heavy atom. The second kappa shape index (κ2) is 14.2. The van der Waals surface area contributed by atoms with Gasteiger partial charge in [0.1, 0.15) is 11.6 Å². The van der Waals surface area contributed by atoms with Crippen LogP contribution in [-0.4, -0.2) is 25.6 Å². The van der Waals surface area contributed by atoms with Gasteiger partial charge in [0.2, 0.25) is 0 Å². The van der Waals surface area contributed by atoms with Gasteiger partial charge in [-0.05, 0) is 66.9 Å². The van der Waals surface area contributed by atoms with Crippen molar-refractivity contribution in [1.29, 1.82) is 5.41 Å². The van der Waals surface area contributed by atoms with Gasteiger partial charge in [0, 0.05) is 28.0 Å². The molecule has 0 amide bonds. The van der Waals surface area contributed by atoms with Crippen molar-refractivity contribution >= 4 is 29.4 Å². The number of hydrogen-bond donors (Lipinski definition) is 3. The van der Waals surface area contributed by atoms with Gasteiger partial charge in [-0.3, -0.25) is 0 Å². The first-order valence-electron chi connectivity index (χ1n) is 9.45. The average Bonchev–Trinajstić information content (AvgIpc) is 2.76. The van der Waals surface area contributed by atoms with Gasteiger partial charge >= 0.3 is 0 Å². The van der Waals surface area contributed by atoms with Crippen molar-refractivity contribution in [2.75, 3.05) is 18.7 Å². The number of methoxy groups -OCH3 is 1. The lowest BCUT2D eigenvalue weighted by molar-refractivity contribution is 0.415. The van der Waals surface area contributed by atoms with E-state index in [1.807, 2.05) is 38.1 Å². The molecule has 0 aliphatic heterocycles. The van der Waals surface area contributed by atoms with E-state index in [4.69, 9.17) is 15.9 Å². The summed E-state index contributed by atoms with van der Waals surface area (Å²) < 4.78 is 17.9. The molecule has 3 aromatic carbocycles. The van der Waals surface area contributed by atoms with Gasteiger partial charge in [-0.1, -0.05) is 32.0 Å². The second-order valence-electron chi connectivity index (χ2n) is 6.49. The predicted octanol–water partition coefficient (Wildman–Crippen LogP) is 6.34. The highest BCUT2D eigenvalue weighted by Crippen LogP contribution is 2.24. The topological polar surface area (TPSA) is 71.1 Å². The van der Waals surface area contributed by atoms with Crippen molar-refractivity contribution in [2.24, 2.45) is 5.73 Å². The Labute approximate surface area is 183 Å². The molecule has 0 atom stereocenters. The fourth-order valence-electron chi connectivity index (χ4n) is 2.15.